The van der Waals surface area contributed by atoms with E-state index < -0.39 is 0 Å². The van der Waals surface area contributed by atoms with E-state index >= 15 is 0 Å². The Bertz CT molecular complexity index is 356. The van der Waals surface area contributed by atoms with Crippen molar-refractivity contribution in [2.75, 3.05) is 18.0 Å². The smallest absolute Gasteiger partial charge is 0.0366 e. The van der Waals surface area contributed by atoms with E-state index in [0.717, 1.165) is 19.5 Å². The molecule has 2 unspecified atom stereocenters. The molecular formula is C15H24N2. The molecule has 0 spiro atoms. The quantitative estimate of drug-likeness (QED) is 0.849. The van der Waals surface area contributed by atoms with Gasteiger partial charge in [-0.25, -0.2) is 0 Å². The maximum Gasteiger partial charge on any atom is 0.0366 e. The van der Waals surface area contributed by atoms with Crippen molar-refractivity contribution in [3.63, 3.8) is 0 Å². The van der Waals surface area contributed by atoms with Gasteiger partial charge in [0.05, 0.1) is 0 Å². The lowest BCUT2D eigenvalue weighted by Crippen LogP contribution is -2.45. The van der Waals surface area contributed by atoms with Crippen molar-refractivity contribution in [2.24, 2.45) is 11.7 Å². The van der Waals surface area contributed by atoms with Crippen LogP contribution in [0.2, 0.25) is 0 Å². The molecule has 2 atom stereocenters. The number of rotatable bonds is 2. The van der Waals surface area contributed by atoms with Crippen molar-refractivity contribution < 1.29 is 0 Å². The van der Waals surface area contributed by atoms with Crippen molar-refractivity contribution in [1.29, 1.82) is 0 Å². The second kappa shape index (κ2) is 5.09. The van der Waals surface area contributed by atoms with Crippen molar-refractivity contribution in [3.05, 3.63) is 29.8 Å². The lowest BCUT2D eigenvalue weighted by atomic mass is 9.94. The fourth-order valence-corrected chi connectivity index (χ4v) is 2.47. The van der Waals surface area contributed by atoms with E-state index in [2.05, 4.69) is 49.9 Å². The van der Waals surface area contributed by atoms with Gasteiger partial charge in [-0.15, -0.1) is 0 Å². The van der Waals surface area contributed by atoms with E-state index in [0.29, 0.717) is 17.9 Å². The second-order valence-electron chi connectivity index (χ2n) is 5.62. The zero-order valence-electron chi connectivity index (χ0n) is 11.2. The van der Waals surface area contributed by atoms with Crippen LogP contribution < -0.4 is 10.6 Å². The van der Waals surface area contributed by atoms with E-state index in [9.17, 15) is 0 Å². The van der Waals surface area contributed by atoms with E-state index in [1.807, 2.05) is 0 Å². The summed E-state index contributed by atoms with van der Waals surface area (Å²) < 4.78 is 0. The summed E-state index contributed by atoms with van der Waals surface area (Å²) in [5.41, 5.74) is 8.81. The Morgan fingerprint density at radius 2 is 1.88 bits per heavy atom. The first kappa shape index (κ1) is 12.4. The first-order valence-electron chi connectivity index (χ1n) is 6.68. The zero-order valence-corrected chi connectivity index (χ0v) is 11.2. The largest absolute Gasteiger partial charge is 0.371 e. The molecule has 0 aliphatic carbocycles. The van der Waals surface area contributed by atoms with Crippen molar-refractivity contribution in [1.82, 2.24) is 0 Å². The number of benzene rings is 1. The summed E-state index contributed by atoms with van der Waals surface area (Å²) in [6.45, 7) is 8.89. The molecule has 1 fully saturated rings. The van der Waals surface area contributed by atoms with Crippen LogP contribution in [0, 0.1) is 5.92 Å². The number of hydrogen-bond donors (Lipinski definition) is 1. The molecule has 0 radical (unpaired) electrons. The normalized spacial score (nSPS) is 25.4. The second-order valence-corrected chi connectivity index (χ2v) is 5.62. The Hall–Kier alpha value is -1.02. The highest BCUT2D eigenvalue weighted by Gasteiger charge is 2.23. The van der Waals surface area contributed by atoms with Gasteiger partial charge in [-0.2, -0.15) is 0 Å². The highest BCUT2D eigenvalue weighted by molar-refractivity contribution is 5.48. The molecule has 2 rings (SSSR count). The van der Waals surface area contributed by atoms with Crippen LogP contribution in [0.1, 0.15) is 38.7 Å². The molecule has 2 heteroatoms. The van der Waals surface area contributed by atoms with Gasteiger partial charge in [0.1, 0.15) is 0 Å². The average molecular weight is 232 g/mol. The molecule has 1 aliphatic rings. The summed E-state index contributed by atoms with van der Waals surface area (Å²) in [5, 5.41) is 0. The topological polar surface area (TPSA) is 29.3 Å². The summed E-state index contributed by atoms with van der Waals surface area (Å²) in [6.07, 6.45) is 1.10. The minimum atomic E-state index is 0.376. The molecule has 2 nitrogen and oxygen atoms in total. The van der Waals surface area contributed by atoms with Crippen LogP contribution in [0.15, 0.2) is 24.3 Å². The van der Waals surface area contributed by atoms with Crippen LogP contribution in [0.5, 0.6) is 0 Å². The fraction of sp³-hybridized carbons (Fsp3) is 0.600. The van der Waals surface area contributed by atoms with Crippen LogP contribution in [0.3, 0.4) is 0 Å². The van der Waals surface area contributed by atoms with Gasteiger partial charge < -0.3 is 10.6 Å². The highest BCUT2D eigenvalue weighted by atomic mass is 15.1. The standard InChI is InChI=1S/C15H24N2/c1-11(2)13-4-6-14(7-5-13)17-9-8-15(16)12(3)10-17/h4-7,11-12,15H,8-10,16H2,1-3H3. The summed E-state index contributed by atoms with van der Waals surface area (Å²) in [6, 6.07) is 9.37. The molecule has 0 aromatic heterocycles. The molecule has 0 amide bonds. The third-order valence-electron chi connectivity index (χ3n) is 3.90. The van der Waals surface area contributed by atoms with Crippen molar-refractivity contribution in [3.8, 4) is 0 Å². The molecule has 0 saturated carbocycles. The Morgan fingerprint density at radius 1 is 1.24 bits per heavy atom. The molecule has 1 aromatic rings. The first-order chi connectivity index (χ1) is 8.08. The fourth-order valence-electron chi connectivity index (χ4n) is 2.47. The van der Waals surface area contributed by atoms with Crippen LogP contribution in [0.25, 0.3) is 0 Å². The van der Waals surface area contributed by atoms with Crippen LogP contribution in [-0.2, 0) is 0 Å². The predicted molar refractivity (Wildman–Crippen MR) is 74.5 cm³/mol. The van der Waals surface area contributed by atoms with Gasteiger partial charge in [-0.3, -0.25) is 0 Å². The van der Waals surface area contributed by atoms with Gasteiger partial charge in [-0.05, 0) is 36.0 Å². The summed E-state index contributed by atoms with van der Waals surface area (Å²) in [5.74, 6) is 1.20. The van der Waals surface area contributed by atoms with E-state index in [1.54, 1.807) is 0 Å². The SMILES string of the molecule is CC(C)c1ccc(N2CCC(N)C(C)C2)cc1. The minimum Gasteiger partial charge on any atom is -0.371 e. The maximum absolute atomic E-state index is 6.06. The Morgan fingerprint density at radius 3 is 2.41 bits per heavy atom. The lowest BCUT2D eigenvalue weighted by Gasteiger charge is -2.36. The number of hydrogen-bond acceptors (Lipinski definition) is 2. The monoisotopic (exact) mass is 232 g/mol. The number of piperidine rings is 1. The van der Waals surface area contributed by atoms with Crippen LogP contribution in [0.4, 0.5) is 5.69 Å². The molecule has 1 aromatic carbocycles. The molecule has 94 valence electrons. The minimum absolute atomic E-state index is 0.376. The van der Waals surface area contributed by atoms with Crippen LogP contribution in [-0.4, -0.2) is 19.1 Å². The van der Waals surface area contributed by atoms with Crippen molar-refractivity contribution in [2.45, 2.75) is 39.2 Å². The van der Waals surface area contributed by atoms with Gasteiger partial charge in [0.25, 0.3) is 0 Å². The summed E-state index contributed by atoms with van der Waals surface area (Å²) >= 11 is 0. The molecule has 1 heterocycles. The van der Waals surface area contributed by atoms with Gasteiger partial charge >= 0.3 is 0 Å². The Labute approximate surface area is 105 Å². The molecule has 2 N–H and O–H groups in total. The third-order valence-corrected chi connectivity index (χ3v) is 3.90. The van der Waals surface area contributed by atoms with Crippen LogP contribution >= 0.6 is 0 Å². The number of anilines is 1. The van der Waals surface area contributed by atoms with Gasteiger partial charge in [0.15, 0.2) is 0 Å². The molecule has 1 aliphatic heterocycles. The molecule has 1 saturated heterocycles. The third kappa shape index (κ3) is 2.81. The zero-order chi connectivity index (χ0) is 12.4. The highest BCUT2D eigenvalue weighted by Crippen LogP contribution is 2.24. The number of nitrogens with zero attached hydrogens (tertiary/aromatic N) is 1. The Balaban J connectivity index is 2.07. The van der Waals surface area contributed by atoms with E-state index in [-0.39, 0.29) is 0 Å². The molecule has 0 bridgehead atoms. The van der Waals surface area contributed by atoms with E-state index in [1.165, 1.54) is 11.3 Å². The lowest BCUT2D eigenvalue weighted by molar-refractivity contribution is 0.383. The van der Waals surface area contributed by atoms with Crippen molar-refractivity contribution >= 4 is 5.69 Å². The predicted octanol–water partition coefficient (Wildman–Crippen LogP) is 2.98. The first-order valence-corrected chi connectivity index (χ1v) is 6.68. The number of nitrogens with two attached hydrogens (primary N) is 1. The van der Waals surface area contributed by atoms with E-state index in [4.69, 9.17) is 5.73 Å². The molecular weight excluding hydrogens is 208 g/mol. The maximum atomic E-state index is 6.06. The summed E-state index contributed by atoms with van der Waals surface area (Å²) in [7, 11) is 0. The molecule has 17 heavy (non-hydrogen) atoms. The van der Waals surface area contributed by atoms with Gasteiger partial charge in [0, 0.05) is 24.8 Å². The average Bonchev–Trinajstić information content (AvgIpc) is 2.33. The summed E-state index contributed by atoms with van der Waals surface area (Å²) in [4.78, 5) is 2.46. The Kier molecular flexibility index (Phi) is 3.72. The van der Waals surface area contributed by atoms with Gasteiger partial charge in [0.2, 0.25) is 0 Å². The van der Waals surface area contributed by atoms with Gasteiger partial charge in [-0.1, -0.05) is 32.9 Å².